The van der Waals surface area contributed by atoms with E-state index in [1.165, 1.54) is 37.1 Å². The summed E-state index contributed by atoms with van der Waals surface area (Å²) in [6.45, 7) is 5.72. The van der Waals surface area contributed by atoms with Crippen LogP contribution in [0.3, 0.4) is 0 Å². The molecule has 1 aromatic rings. The molecule has 96 valence electrons. The first-order chi connectivity index (χ1) is 8.31. The molecule has 3 heteroatoms. The fourth-order valence-electron chi connectivity index (χ4n) is 2.76. The van der Waals surface area contributed by atoms with Crippen LogP contribution >= 0.6 is 11.3 Å². The van der Waals surface area contributed by atoms with Crippen molar-refractivity contribution in [2.24, 2.45) is 11.8 Å². The van der Waals surface area contributed by atoms with Crippen LogP contribution in [0.15, 0.2) is 11.6 Å². The van der Waals surface area contributed by atoms with Gasteiger partial charge in [0.05, 0.1) is 6.04 Å². The van der Waals surface area contributed by atoms with Crippen molar-refractivity contribution in [3.63, 3.8) is 0 Å². The SMILES string of the molecule is CCCNC(c1nccs1)C1CCC(C)CC1. The Labute approximate surface area is 109 Å². The van der Waals surface area contributed by atoms with Gasteiger partial charge in [0.15, 0.2) is 0 Å². The Balaban J connectivity index is 2.00. The number of nitrogens with zero attached hydrogens (tertiary/aromatic N) is 1. The van der Waals surface area contributed by atoms with E-state index in [0.717, 1.165) is 18.4 Å². The molecule has 1 fully saturated rings. The van der Waals surface area contributed by atoms with Gasteiger partial charge in [0.2, 0.25) is 0 Å². The maximum Gasteiger partial charge on any atom is 0.110 e. The zero-order chi connectivity index (χ0) is 12.1. The van der Waals surface area contributed by atoms with Crippen molar-refractivity contribution in [3.8, 4) is 0 Å². The fraction of sp³-hybridized carbons (Fsp3) is 0.786. The Morgan fingerprint density at radius 1 is 1.41 bits per heavy atom. The summed E-state index contributed by atoms with van der Waals surface area (Å²) in [7, 11) is 0. The molecule has 1 heterocycles. The van der Waals surface area contributed by atoms with E-state index in [1.807, 2.05) is 6.20 Å². The molecule has 1 atom stereocenters. The molecule has 1 aromatic heterocycles. The standard InChI is InChI=1S/C14H24N2S/c1-3-8-15-13(14-16-9-10-17-14)12-6-4-11(2)5-7-12/h9-13,15H,3-8H2,1-2H3. The molecule has 1 saturated carbocycles. The smallest absolute Gasteiger partial charge is 0.110 e. The quantitative estimate of drug-likeness (QED) is 0.856. The van der Waals surface area contributed by atoms with Crippen LogP contribution in [0, 0.1) is 11.8 Å². The number of thiazole rings is 1. The van der Waals surface area contributed by atoms with E-state index in [4.69, 9.17) is 0 Å². The number of hydrogen-bond donors (Lipinski definition) is 1. The highest BCUT2D eigenvalue weighted by atomic mass is 32.1. The third kappa shape index (κ3) is 3.52. The van der Waals surface area contributed by atoms with Gasteiger partial charge in [-0.1, -0.05) is 26.7 Å². The van der Waals surface area contributed by atoms with Gasteiger partial charge >= 0.3 is 0 Å². The Bertz CT molecular complexity index is 302. The van der Waals surface area contributed by atoms with Crippen molar-refractivity contribution in [2.75, 3.05) is 6.54 Å². The van der Waals surface area contributed by atoms with E-state index < -0.39 is 0 Å². The molecular formula is C14H24N2S. The topological polar surface area (TPSA) is 24.9 Å². The van der Waals surface area contributed by atoms with Crippen LogP contribution in [0.2, 0.25) is 0 Å². The molecule has 0 bridgehead atoms. The van der Waals surface area contributed by atoms with Crippen molar-refractivity contribution in [2.45, 2.75) is 52.0 Å². The fourth-order valence-corrected chi connectivity index (χ4v) is 3.57. The summed E-state index contributed by atoms with van der Waals surface area (Å²) in [6.07, 6.45) is 8.64. The third-order valence-corrected chi connectivity index (χ3v) is 4.72. The first kappa shape index (κ1) is 13.0. The minimum Gasteiger partial charge on any atom is -0.308 e. The highest BCUT2D eigenvalue weighted by Crippen LogP contribution is 2.37. The molecule has 0 radical (unpaired) electrons. The van der Waals surface area contributed by atoms with Gasteiger partial charge in [-0.05, 0) is 37.6 Å². The van der Waals surface area contributed by atoms with E-state index in [0.29, 0.717) is 6.04 Å². The van der Waals surface area contributed by atoms with Crippen LogP contribution in [-0.2, 0) is 0 Å². The van der Waals surface area contributed by atoms with Gasteiger partial charge in [-0.3, -0.25) is 0 Å². The molecule has 1 N–H and O–H groups in total. The summed E-state index contributed by atoms with van der Waals surface area (Å²) in [5, 5.41) is 7.09. The highest BCUT2D eigenvalue weighted by molar-refractivity contribution is 7.09. The normalized spacial score (nSPS) is 26.9. The second kappa shape index (κ2) is 6.50. The summed E-state index contributed by atoms with van der Waals surface area (Å²) in [5.41, 5.74) is 0. The van der Waals surface area contributed by atoms with Gasteiger partial charge in [-0.25, -0.2) is 4.98 Å². The van der Waals surface area contributed by atoms with Gasteiger partial charge in [-0.2, -0.15) is 0 Å². The lowest BCUT2D eigenvalue weighted by Gasteiger charge is -2.32. The molecule has 0 amide bonds. The van der Waals surface area contributed by atoms with Crippen molar-refractivity contribution in [3.05, 3.63) is 16.6 Å². The van der Waals surface area contributed by atoms with Gasteiger partial charge < -0.3 is 5.32 Å². The van der Waals surface area contributed by atoms with Crippen LogP contribution < -0.4 is 5.32 Å². The molecular weight excluding hydrogens is 228 g/mol. The van der Waals surface area contributed by atoms with Crippen LogP contribution in [0.4, 0.5) is 0 Å². The Morgan fingerprint density at radius 2 is 2.18 bits per heavy atom. The maximum absolute atomic E-state index is 4.52. The zero-order valence-electron chi connectivity index (χ0n) is 11.0. The van der Waals surface area contributed by atoms with E-state index in [2.05, 4.69) is 29.5 Å². The molecule has 0 aromatic carbocycles. The molecule has 17 heavy (non-hydrogen) atoms. The minimum atomic E-state index is 0.502. The molecule has 2 nitrogen and oxygen atoms in total. The Hall–Kier alpha value is -0.410. The molecule has 2 rings (SSSR count). The average molecular weight is 252 g/mol. The van der Waals surface area contributed by atoms with Crippen LogP contribution in [-0.4, -0.2) is 11.5 Å². The van der Waals surface area contributed by atoms with Crippen LogP contribution in [0.25, 0.3) is 0 Å². The second-order valence-electron chi connectivity index (χ2n) is 5.32. The Morgan fingerprint density at radius 3 is 2.76 bits per heavy atom. The molecule has 1 aliphatic rings. The van der Waals surface area contributed by atoms with E-state index >= 15 is 0 Å². The predicted octanol–water partition coefficient (Wildman–Crippen LogP) is 4.01. The monoisotopic (exact) mass is 252 g/mol. The van der Waals surface area contributed by atoms with Crippen LogP contribution in [0.1, 0.15) is 57.0 Å². The van der Waals surface area contributed by atoms with E-state index in [9.17, 15) is 0 Å². The van der Waals surface area contributed by atoms with Gasteiger partial charge in [0.25, 0.3) is 0 Å². The lowest BCUT2D eigenvalue weighted by atomic mass is 9.79. The van der Waals surface area contributed by atoms with E-state index in [1.54, 1.807) is 11.3 Å². The van der Waals surface area contributed by atoms with Crippen molar-refractivity contribution >= 4 is 11.3 Å². The molecule has 0 spiro atoms. The molecule has 0 aliphatic heterocycles. The van der Waals surface area contributed by atoms with Crippen molar-refractivity contribution in [1.29, 1.82) is 0 Å². The van der Waals surface area contributed by atoms with Crippen LogP contribution in [0.5, 0.6) is 0 Å². The molecule has 1 unspecified atom stereocenters. The second-order valence-corrected chi connectivity index (χ2v) is 6.25. The number of rotatable bonds is 5. The average Bonchev–Trinajstić information content (AvgIpc) is 2.85. The highest BCUT2D eigenvalue weighted by Gasteiger charge is 2.28. The summed E-state index contributed by atoms with van der Waals surface area (Å²) in [5.74, 6) is 1.72. The number of nitrogens with one attached hydrogen (secondary N) is 1. The zero-order valence-corrected chi connectivity index (χ0v) is 11.8. The third-order valence-electron chi connectivity index (χ3n) is 3.86. The largest absolute Gasteiger partial charge is 0.308 e. The first-order valence-corrected chi connectivity index (χ1v) is 7.82. The summed E-state index contributed by atoms with van der Waals surface area (Å²) in [4.78, 5) is 4.52. The number of aromatic nitrogens is 1. The van der Waals surface area contributed by atoms with Gasteiger partial charge in [-0.15, -0.1) is 11.3 Å². The maximum atomic E-state index is 4.52. The molecule has 0 saturated heterocycles. The number of hydrogen-bond acceptors (Lipinski definition) is 3. The van der Waals surface area contributed by atoms with Gasteiger partial charge in [0.1, 0.15) is 5.01 Å². The lowest BCUT2D eigenvalue weighted by molar-refractivity contribution is 0.231. The lowest BCUT2D eigenvalue weighted by Crippen LogP contribution is -2.31. The first-order valence-electron chi connectivity index (χ1n) is 6.94. The summed E-state index contributed by atoms with van der Waals surface area (Å²) < 4.78 is 0. The van der Waals surface area contributed by atoms with E-state index in [-0.39, 0.29) is 0 Å². The Kier molecular flexibility index (Phi) is 4.99. The summed E-state index contributed by atoms with van der Waals surface area (Å²) in [6, 6.07) is 0.502. The van der Waals surface area contributed by atoms with Crippen molar-refractivity contribution in [1.82, 2.24) is 10.3 Å². The van der Waals surface area contributed by atoms with Crippen molar-refractivity contribution < 1.29 is 0 Å². The van der Waals surface area contributed by atoms with Gasteiger partial charge in [0, 0.05) is 11.6 Å². The minimum absolute atomic E-state index is 0.502. The predicted molar refractivity (Wildman–Crippen MR) is 74.3 cm³/mol. The summed E-state index contributed by atoms with van der Waals surface area (Å²) >= 11 is 1.80. The molecule has 1 aliphatic carbocycles.